The molecule has 0 aromatic rings. The van der Waals surface area contributed by atoms with Crippen LogP contribution in [0.4, 0.5) is 0 Å². The molecule has 172 valence electrons. The molecule has 0 bridgehead atoms. The third-order valence-corrected chi connectivity index (χ3v) is 10.8. The quantitative estimate of drug-likeness (QED) is 0.503. The highest BCUT2D eigenvalue weighted by molar-refractivity contribution is 5.98. The third kappa shape index (κ3) is 3.16. The molecule has 0 unspecified atom stereocenters. The van der Waals surface area contributed by atoms with E-state index in [1.54, 1.807) is 0 Å². The maximum atomic E-state index is 13.8. The van der Waals surface area contributed by atoms with Crippen LogP contribution in [0.3, 0.4) is 0 Å². The molecule has 3 nitrogen and oxygen atoms in total. The molecule has 3 heteroatoms. The fourth-order valence-corrected chi connectivity index (χ4v) is 8.48. The van der Waals surface area contributed by atoms with E-state index in [1.165, 1.54) is 0 Å². The molecule has 0 amide bonds. The van der Waals surface area contributed by atoms with Gasteiger partial charge in [0.15, 0.2) is 0 Å². The minimum absolute atomic E-state index is 0.122. The van der Waals surface area contributed by atoms with Crippen molar-refractivity contribution in [3.63, 3.8) is 0 Å². The number of hydrogen-bond donors (Lipinski definition) is 0. The van der Waals surface area contributed by atoms with Crippen molar-refractivity contribution in [1.82, 2.24) is 0 Å². The van der Waals surface area contributed by atoms with Crippen LogP contribution in [0.2, 0.25) is 0 Å². The van der Waals surface area contributed by atoms with Crippen LogP contribution in [-0.4, -0.2) is 17.3 Å². The van der Waals surface area contributed by atoms with E-state index in [9.17, 15) is 14.4 Å². The van der Waals surface area contributed by atoms with Crippen molar-refractivity contribution >= 4 is 17.3 Å². The second-order valence-electron chi connectivity index (χ2n) is 12.3. The predicted molar refractivity (Wildman–Crippen MR) is 123 cm³/mol. The smallest absolute Gasteiger partial charge is 0.140 e. The molecule has 0 aliphatic heterocycles. The Morgan fingerprint density at radius 3 is 2.32 bits per heavy atom. The summed E-state index contributed by atoms with van der Waals surface area (Å²) in [5.74, 6) is 2.88. The number of rotatable bonds is 4. The molecule has 4 rings (SSSR count). The van der Waals surface area contributed by atoms with E-state index < -0.39 is 5.41 Å². The summed E-state index contributed by atoms with van der Waals surface area (Å²) in [6.45, 7) is 13.7. The van der Waals surface area contributed by atoms with Gasteiger partial charge in [-0.25, -0.2) is 0 Å². The molecule has 31 heavy (non-hydrogen) atoms. The average Bonchev–Trinajstić information content (AvgIpc) is 3.03. The second-order valence-corrected chi connectivity index (χ2v) is 12.3. The summed E-state index contributed by atoms with van der Waals surface area (Å²) in [6, 6.07) is 0. The van der Waals surface area contributed by atoms with E-state index in [1.807, 2.05) is 0 Å². The molecule has 1 spiro atoms. The Morgan fingerprint density at radius 2 is 1.65 bits per heavy atom. The number of hydrogen-bond acceptors (Lipinski definition) is 3. The first-order valence-electron chi connectivity index (χ1n) is 12.7. The first-order chi connectivity index (χ1) is 14.5. The Balaban J connectivity index is 1.71. The van der Waals surface area contributed by atoms with Gasteiger partial charge in [0.05, 0.1) is 0 Å². The maximum Gasteiger partial charge on any atom is 0.140 e. The summed E-state index contributed by atoms with van der Waals surface area (Å²) in [5.41, 5.74) is -0.822. The van der Waals surface area contributed by atoms with E-state index in [0.717, 1.165) is 25.7 Å². The van der Waals surface area contributed by atoms with Gasteiger partial charge in [-0.2, -0.15) is 0 Å². The molecule has 4 fully saturated rings. The minimum atomic E-state index is -0.510. The monoisotopic (exact) mass is 426 g/mol. The van der Waals surface area contributed by atoms with Crippen LogP contribution < -0.4 is 0 Å². The Morgan fingerprint density at radius 1 is 0.935 bits per heavy atom. The molecule has 0 aromatic heterocycles. The van der Waals surface area contributed by atoms with Crippen LogP contribution in [0, 0.1) is 51.8 Å². The van der Waals surface area contributed by atoms with E-state index in [4.69, 9.17) is 0 Å². The molecule has 0 radical (unpaired) electrons. The lowest BCUT2D eigenvalue weighted by molar-refractivity contribution is -0.180. The van der Waals surface area contributed by atoms with Crippen LogP contribution in [0.25, 0.3) is 0 Å². The van der Waals surface area contributed by atoms with Gasteiger partial charge in [0.2, 0.25) is 0 Å². The Bertz CT molecular complexity index is 809. The lowest BCUT2D eigenvalue weighted by Gasteiger charge is -2.62. The Hall–Kier alpha value is -1.25. The molecule has 4 aliphatic carbocycles. The molecule has 0 N–H and O–H groups in total. The van der Waals surface area contributed by atoms with Crippen molar-refractivity contribution in [3.8, 4) is 0 Å². The van der Waals surface area contributed by atoms with Crippen molar-refractivity contribution in [3.05, 3.63) is 12.2 Å². The number of Topliss-reactive ketones (excluding diaryl/α,β-unsaturated/α-hetero) is 3. The van der Waals surface area contributed by atoms with E-state index in [2.05, 4.69) is 53.7 Å². The summed E-state index contributed by atoms with van der Waals surface area (Å²) >= 11 is 0. The SMILES string of the molecule is CC(C)[C@H](C)C=C[C@@H](C)[C@H]1CCC(=O)[C@]23CC(=O)[C@@H]4CC(=O)CC[C@]4(C)[C@H]2CC[C@]13C. The number of carbonyl (C=O) groups is 3. The zero-order valence-electron chi connectivity index (χ0n) is 20.5. The molecular weight excluding hydrogens is 384 g/mol. The first kappa shape index (κ1) is 22.9. The topological polar surface area (TPSA) is 51.2 Å². The van der Waals surface area contributed by atoms with E-state index in [0.29, 0.717) is 55.1 Å². The zero-order valence-corrected chi connectivity index (χ0v) is 20.5. The summed E-state index contributed by atoms with van der Waals surface area (Å²) in [6.07, 6.45) is 10.5. The Kier molecular flexibility index (Phi) is 5.67. The highest BCUT2D eigenvalue weighted by atomic mass is 16.1. The molecule has 0 saturated heterocycles. The van der Waals surface area contributed by atoms with Gasteiger partial charge in [0, 0.05) is 37.0 Å². The van der Waals surface area contributed by atoms with Gasteiger partial charge in [0.25, 0.3) is 0 Å². The highest BCUT2D eigenvalue weighted by Gasteiger charge is 2.73. The fourth-order valence-electron chi connectivity index (χ4n) is 8.48. The molecule has 4 aliphatic rings. The zero-order chi connectivity index (χ0) is 22.8. The number of carbonyl (C=O) groups excluding carboxylic acids is 3. The van der Waals surface area contributed by atoms with Gasteiger partial charge in [-0.15, -0.1) is 0 Å². The summed E-state index contributed by atoms with van der Waals surface area (Å²) < 4.78 is 0. The summed E-state index contributed by atoms with van der Waals surface area (Å²) in [7, 11) is 0. The first-order valence-corrected chi connectivity index (χ1v) is 12.7. The van der Waals surface area contributed by atoms with Crippen molar-refractivity contribution in [2.24, 2.45) is 51.8 Å². The second kappa shape index (κ2) is 7.66. The van der Waals surface area contributed by atoms with Crippen LogP contribution in [0.1, 0.15) is 92.9 Å². The number of fused-ring (bicyclic) bond motifs is 2. The van der Waals surface area contributed by atoms with Gasteiger partial charge in [-0.1, -0.05) is 53.7 Å². The average molecular weight is 427 g/mol. The minimum Gasteiger partial charge on any atom is -0.300 e. The van der Waals surface area contributed by atoms with Gasteiger partial charge >= 0.3 is 0 Å². The molecular formula is C28H42O3. The van der Waals surface area contributed by atoms with Gasteiger partial charge in [0.1, 0.15) is 17.3 Å². The molecule has 8 atom stereocenters. The van der Waals surface area contributed by atoms with E-state index in [-0.39, 0.29) is 34.2 Å². The lowest BCUT2D eigenvalue weighted by atomic mass is 9.40. The standard InChI is InChI=1S/C28H42O3/c1-17(2)18(3)7-8-19(4)21-9-10-25(31)28-16-23(30)22-15-20(29)11-13-26(22,5)24(28)12-14-27(21,28)6/h7-8,17-19,21-22,24H,9-16H2,1-6H3/t18-,19-,21-,22+,24-,26+,27-,28+/m1/s1. The third-order valence-electron chi connectivity index (χ3n) is 10.8. The predicted octanol–water partition coefficient (Wildman–Crippen LogP) is 6.20. The molecule has 4 saturated carbocycles. The highest BCUT2D eigenvalue weighted by Crippen LogP contribution is 2.74. The maximum absolute atomic E-state index is 13.8. The van der Waals surface area contributed by atoms with Crippen LogP contribution in [0.5, 0.6) is 0 Å². The molecule has 0 heterocycles. The van der Waals surface area contributed by atoms with Crippen LogP contribution in [-0.2, 0) is 14.4 Å². The van der Waals surface area contributed by atoms with Gasteiger partial charge in [-0.3, -0.25) is 14.4 Å². The van der Waals surface area contributed by atoms with Gasteiger partial charge in [-0.05, 0) is 66.1 Å². The van der Waals surface area contributed by atoms with Crippen LogP contribution >= 0.6 is 0 Å². The van der Waals surface area contributed by atoms with Crippen molar-refractivity contribution in [2.45, 2.75) is 92.9 Å². The summed E-state index contributed by atoms with van der Waals surface area (Å²) in [4.78, 5) is 39.5. The lowest BCUT2D eigenvalue weighted by Crippen LogP contribution is -2.63. The van der Waals surface area contributed by atoms with Crippen molar-refractivity contribution in [1.29, 1.82) is 0 Å². The number of ketones is 3. The van der Waals surface area contributed by atoms with Crippen molar-refractivity contribution in [2.75, 3.05) is 0 Å². The fraction of sp³-hybridized carbons (Fsp3) is 0.821. The number of allylic oxidation sites excluding steroid dienone is 2. The summed E-state index contributed by atoms with van der Waals surface area (Å²) in [5, 5.41) is 0. The van der Waals surface area contributed by atoms with Gasteiger partial charge < -0.3 is 0 Å². The largest absolute Gasteiger partial charge is 0.300 e. The normalized spacial score (nSPS) is 44.9. The Labute approximate surface area is 188 Å². The molecule has 0 aromatic carbocycles. The van der Waals surface area contributed by atoms with Crippen LogP contribution in [0.15, 0.2) is 12.2 Å². The van der Waals surface area contributed by atoms with Crippen molar-refractivity contribution < 1.29 is 14.4 Å². The van der Waals surface area contributed by atoms with E-state index >= 15 is 0 Å².